The number of halogens is 2. The van der Waals surface area contributed by atoms with Crippen LogP contribution in [0, 0.1) is 0 Å². The number of fused-ring (bicyclic) bond motifs is 1. The summed E-state index contributed by atoms with van der Waals surface area (Å²) in [5.41, 5.74) is 1.08. The molecule has 0 saturated heterocycles. The van der Waals surface area contributed by atoms with E-state index in [9.17, 15) is 4.79 Å². The molecule has 0 aliphatic carbocycles. The van der Waals surface area contributed by atoms with Crippen LogP contribution < -0.4 is 5.56 Å². The molecule has 0 aliphatic heterocycles. The number of benzene rings is 2. The van der Waals surface area contributed by atoms with Gasteiger partial charge in [0.15, 0.2) is 0 Å². The van der Waals surface area contributed by atoms with Gasteiger partial charge in [-0.1, -0.05) is 61.2 Å². The maximum absolute atomic E-state index is 13.1. The lowest BCUT2D eigenvalue weighted by Crippen LogP contribution is -2.24. The Kier molecular flexibility index (Phi) is 5.22. The van der Waals surface area contributed by atoms with Crippen LogP contribution in [0.2, 0.25) is 10.0 Å². The number of rotatable bonds is 5. The van der Waals surface area contributed by atoms with Gasteiger partial charge in [0.25, 0.3) is 5.56 Å². The first-order valence-corrected chi connectivity index (χ1v) is 8.84. The van der Waals surface area contributed by atoms with Crippen LogP contribution in [0.1, 0.15) is 32.0 Å². The Labute approximate surface area is 150 Å². The molecule has 0 fully saturated rings. The number of nitrogens with zero attached hydrogens (tertiary/aromatic N) is 2. The second kappa shape index (κ2) is 7.37. The molecule has 3 aromatic rings. The van der Waals surface area contributed by atoms with Gasteiger partial charge in [0, 0.05) is 6.42 Å². The van der Waals surface area contributed by atoms with Crippen LogP contribution in [0.5, 0.6) is 0 Å². The Morgan fingerprint density at radius 3 is 2.42 bits per heavy atom. The Hall–Kier alpha value is -1.84. The topological polar surface area (TPSA) is 34.9 Å². The Morgan fingerprint density at radius 2 is 1.71 bits per heavy atom. The fourth-order valence-corrected chi connectivity index (χ4v) is 3.38. The molecule has 0 atom stereocenters. The zero-order chi connectivity index (χ0) is 17.1. The van der Waals surface area contributed by atoms with E-state index in [1.165, 1.54) is 0 Å². The second-order valence-corrected chi connectivity index (χ2v) is 6.53. The molecule has 1 aromatic heterocycles. The van der Waals surface area contributed by atoms with E-state index in [0.29, 0.717) is 38.9 Å². The number of aryl methyl sites for hydroxylation is 1. The number of unbranched alkanes of at least 4 members (excludes halogenated alkanes) is 2. The van der Waals surface area contributed by atoms with Crippen molar-refractivity contribution in [2.75, 3.05) is 0 Å². The van der Waals surface area contributed by atoms with E-state index in [1.54, 1.807) is 28.8 Å². The predicted molar refractivity (Wildman–Crippen MR) is 101 cm³/mol. The van der Waals surface area contributed by atoms with Crippen LogP contribution in [0.4, 0.5) is 0 Å². The van der Waals surface area contributed by atoms with Crippen molar-refractivity contribution < 1.29 is 0 Å². The van der Waals surface area contributed by atoms with Crippen molar-refractivity contribution in [3.8, 4) is 5.69 Å². The van der Waals surface area contributed by atoms with E-state index in [2.05, 4.69) is 6.92 Å². The average molecular weight is 361 g/mol. The molecule has 0 amide bonds. The van der Waals surface area contributed by atoms with Gasteiger partial charge in [-0.3, -0.25) is 9.36 Å². The summed E-state index contributed by atoms with van der Waals surface area (Å²) in [4.78, 5) is 17.8. The van der Waals surface area contributed by atoms with Crippen LogP contribution in [0.15, 0.2) is 47.3 Å². The van der Waals surface area contributed by atoms with E-state index in [4.69, 9.17) is 28.2 Å². The van der Waals surface area contributed by atoms with Crippen LogP contribution in [-0.4, -0.2) is 9.55 Å². The summed E-state index contributed by atoms with van der Waals surface area (Å²) in [7, 11) is 0. The highest BCUT2D eigenvalue weighted by Crippen LogP contribution is 2.29. The standard InChI is InChI=1S/C19H18Cl2N2O/c1-2-3-4-12-17-22-16-11-6-5-8-13(16)19(24)23(17)18-14(20)9-7-10-15(18)21/h5-11H,2-4,12H2,1H3. The van der Waals surface area contributed by atoms with E-state index in [1.807, 2.05) is 18.2 Å². The SMILES string of the molecule is CCCCCc1nc2ccccc2c(=O)n1-c1c(Cl)cccc1Cl. The van der Waals surface area contributed by atoms with Gasteiger partial charge in [-0.25, -0.2) is 4.98 Å². The van der Waals surface area contributed by atoms with Crippen molar-refractivity contribution in [2.24, 2.45) is 0 Å². The van der Waals surface area contributed by atoms with Crippen molar-refractivity contribution >= 4 is 34.1 Å². The minimum atomic E-state index is -0.137. The van der Waals surface area contributed by atoms with Crippen molar-refractivity contribution in [3.63, 3.8) is 0 Å². The highest BCUT2D eigenvalue weighted by Gasteiger charge is 2.17. The largest absolute Gasteiger partial charge is 0.268 e. The lowest BCUT2D eigenvalue weighted by atomic mass is 10.1. The van der Waals surface area contributed by atoms with Gasteiger partial charge in [0.1, 0.15) is 5.82 Å². The lowest BCUT2D eigenvalue weighted by Gasteiger charge is -2.16. The van der Waals surface area contributed by atoms with Crippen molar-refractivity contribution in [1.29, 1.82) is 0 Å². The Bertz CT molecular complexity index is 914. The van der Waals surface area contributed by atoms with Gasteiger partial charge in [0.2, 0.25) is 0 Å². The maximum atomic E-state index is 13.1. The summed E-state index contributed by atoms with van der Waals surface area (Å²) < 4.78 is 1.57. The van der Waals surface area contributed by atoms with Crippen LogP contribution in [0.3, 0.4) is 0 Å². The summed E-state index contributed by atoms with van der Waals surface area (Å²) in [5.74, 6) is 0.696. The van der Waals surface area contributed by atoms with E-state index in [-0.39, 0.29) is 5.56 Å². The quantitative estimate of drug-likeness (QED) is 0.569. The first-order chi connectivity index (χ1) is 11.6. The third kappa shape index (κ3) is 3.19. The highest BCUT2D eigenvalue weighted by molar-refractivity contribution is 6.37. The highest BCUT2D eigenvalue weighted by atomic mass is 35.5. The van der Waals surface area contributed by atoms with Gasteiger partial charge in [-0.2, -0.15) is 0 Å². The first-order valence-electron chi connectivity index (χ1n) is 8.08. The fraction of sp³-hybridized carbons (Fsp3) is 0.263. The molecule has 0 saturated carbocycles. The lowest BCUT2D eigenvalue weighted by molar-refractivity contribution is 0.676. The summed E-state index contributed by atoms with van der Waals surface area (Å²) >= 11 is 12.7. The van der Waals surface area contributed by atoms with Crippen LogP contribution in [0.25, 0.3) is 16.6 Å². The number of hydrogen-bond acceptors (Lipinski definition) is 2. The third-order valence-corrected chi connectivity index (χ3v) is 4.62. The van der Waals surface area contributed by atoms with E-state index >= 15 is 0 Å². The molecule has 3 rings (SSSR count). The van der Waals surface area contributed by atoms with Crippen LogP contribution in [-0.2, 0) is 6.42 Å². The molecule has 5 heteroatoms. The van der Waals surface area contributed by atoms with Crippen molar-refractivity contribution in [1.82, 2.24) is 9.55 Å². The molecule has 3 nitrogen and oxygen atoms in total. The van der Waals surface area contributed by atoms with Gasteiger partial charge >= 0.3 is 0 Å². The molecule has 24 heavy (non-hydrogen) atoms. The molecule has 0 N–H and O–H groups in total. The van der Waals surface area contributed by atoms with Gasteiger partial charge in [-0.15, -0.1) is 0 Å². The normalized spacial score (nSPS) is 11.1. The van der Waals surface area contributed by atoms with Gasteiger partial charge < -0.3 is 0 Å². The molecule has 0 unspecified atom stereocenters. The minimum Gasteiger partial charge on any atom is -0.268 e. The second-order valence-electron chi connectivity index (χ2n) is 5.71. The zero-order valence-electron chi connectivity index (χ0n) is 13.4. The molecule has 0 radical (unpaired) electrons. The predicted octanol–water partition coefficient (Wildman–Crippen LogP) is 5.43. The smallest absolute Gasteiger partial charge is 0.266 e. The van der Waals surface area contributed by atoms with Crippen molar-refractivity contribution in [3.05, 3.63) is 68.7 Å². The van der Waals surface area contributed by atoms with Crippen LogP contribution >= 0.6 is 23.2 Å². The molecule has 124 valence electrons. The maximum Gasteiger partial charge on any atom is 0.266 e. The molecule has 1 heterocycles. The van der Waals surface area contributed by atoms with E-state index < -0.39 is 0 Å². The molecule has 0 bridgehead atoms. The molecular weight excluding hydrogens is 343 g/mol. The zero-order valence-corrected chi connectivity index (χ0v) is 14.9. The minimum absolute atomic E-state index is 0.137. The first kappa shape index (κ1) is 17.0. The van der Waals surface area contributed by atoms with Gasteiger partial charge in [-0.05, 0) is 30.7 Å². The number of para-hydroxylation sites is 2. The fourth-order valence-electron chi connectivity index (χ4n) is 2.81. The molecule has 0 spiro atoms. The summed E-state index contributed by atoms with van der Waals surface area (Å²) in [6.45, 7) is 2.14. The third-order valence-electron chi connectivity index (χ3n) is 4.01. The Balaban J connectivity index is 2.29. The number of aromatic nitrogens is 2. The molecule has 2 aromatic carbocycles. The average Bonchev–Trinajstić information content (AvgIpc) is 2.57. The molecule has 0 aliphatic rings. The monoisotopic (exact) mass is 360 g/mol. The summed E-state index contributed by atoms with van der Waals surface area (Å²) in [6.07, 6.45) is 3.85. The summed E-state index contributed by atoms with van der Waals surface area (Å²) in [6, 6.07) is 12.6. The number of hydrogen-bond donors (Lipinski definition) is 0. The van der Waals surface area contributed by atoms with Gasteiger partial charge in [0.05, 0.1) is 26.6 Å². The Morgan fingerprint density at radius 1 is 1.00 bits per heavy atom. The van der Waals surface area contributed by atoms with E-state index in [0.717, 1.165) is 19.3 Å². The van der Waals surface area contributed by atoms with Crippen molar-refractivity contribution in [2.45, 2.75) is 32.6 Å². The summed E-state index contributed by atoms with van der Waals surface area (Å²) in [5, 5.41) is 1.45. The molecular formula is C19H18Cl2N2O.